The molecule has 3 rings (SSSR count). The van der Waals surface area contributed by atoms with Crippen molar-refractivity contribution >= 4 is 44.9 Å². The summed E-state index contributed by atoms with van der Waals surface area (Å²) >= 11 is 4.39. The van der Waals surface area contributed by atoms with Crippen LogP contribution in [0.5, 0.6) is 5.75 Å². The summed E-state index contributed by atoms with van der Waals surface area (Å²) in [6, 6.07) is 11.5. The molecule has 0 N–H and O–H groups in total. The summed E-state index contributed by atoms with van der Waals surface area (Å²) in [5.74, 6) is 0.0789. The molecule has 7 heteroatoms. The van der Waals surface area contributed by atoms with E-state index in [9.17, 15) is 14.0 Å². The second kappa shape index (κ2) is 8.05. The molecule has 0 aromatic heterocycles. The molecule has 4 nitrogen and oxygen atoms in total. The predicted molar refractivity (Wildman–Crippen MR) is 103 cm³/mol. The molecule has 0 unspecified atom stereocenters. The van der Waals surface area contributed by atoms with E-state index >= 15 is 0 Å². The van der Waals surface area contributed by atoms with Crippen molar-refractivity contribution in [2.75, 3.05) is 6.54 Å². The molecule has 1 saturated heterocycles. The molecule has 134 valence electrons. The molecule has 2 aromatic carbocycles. The number of imide groups is 1. The molecule has 1 aliphatic rings. The number of hydrogen-bond acceptors (Lipinski definition) is 4. The van der Waals surface area contributed by atoms with Crippen molar-refractivity contribution in [2.45, 2.75) is 13.5 Å². The molecule has 0 bridgehead atoms. The van der Waals surface area contributed by atoms with Crippen LogP contribution in [0.1, 0.15) is 18.1 Å². The zero-order chi connectivity index (χ0) is 18.7. The molecule has 0 atom stereocenters. The van der Waals surface area contributed by atoms with Crippen LogP contribution in [0.4, 0.5) is 9.18 Å². The Kier molecular flexibility index (Phi) is 5.78. The van der Waals surface area contributed by atoms with Gasteiger partial charge in [0.25, 0.3) is 11.1 Å². The second-order valence-corrected chi connectivity index (χ2v) is 7.38. The number of halogens is 2. The van der Waals surface area contributed by atoms with Gasteiger partial charge in [0.05, 0.1) is 9.38 Å². The molecule has 26 heavy (non-hydrogen) atoms. The lowest BCUT2D eigenvalue weighted by Crippen LogP contribution is -2.27. The Morgan fingerprint density at radius 1 is 1.19 bits per heavy atom. The molecule has 0 radical (unpaired) electrons. The quantitative estimate of drug-likeness (QED) is 0.603. The van der Waals surface area contributed by atoms with Crippen LogP contribution in [0, 0.1) is 5.82 Å². The van der Waals surface area contributed by atoms with E-state index < -0.39 is 0 Å². The zero-order valence-corrected chi connectivity index (χ0v) is 16.3. The standard InChI is InChI=1S/C19H15BrFNO3S/c1-2-22-18(23)17(26-19(22)24)10-13-5-8-16(15(20)9-13)25-11-12-3-6-14(21)7-4-12/h3-10H,2,11H2,1H3. The van der Waals surface area contributed by atoms with Crippen molar-refractivity contribution in [3.8, 4) is 5.75 Å². The van der Waals surface area contributed by atoms with Gasteiger partial charge in [-0.05, 0) is 76.1 Å². The molecule has 0 saturated carbocycles. The van der Waals surface area contributed by atoms with Gasteiger partial charge in [-0.25, -0.2) is 4.39 Å². The minimum Gasteiger partial charge on any atom is -0.488 e. The highest BCUT2D eigenvalue weighted by Gasteiger charge is 2.33. The van der Waals surface area contributed by atoms with Crippen molar-refractivity contribution in [2.24, 2.45) is 0 Å². The lowest BCUT2D eigenvalue weighted by Gasteiger charge is -2.09. The number of hydrogen-bond donors (Lipinski definition) is 0. The maximum Gasteiger partial charge on any atom is 0.293 e. The largest absolute Gasteiger partial charge is 0.488 e. The third-order valence-electron chi connectivity index (χ3n) is 3.75. The first-order valence-electron chi connectivity index (χ1n) is 7.90. The molecule has 0 spiro atoms. The summed E-state index contributed by atoms with van der Waals surface area (Å²) in [5.41, 5.74) is 1.64. The fourth-order valence-corrected chi connectivity index (χ4v) is 3.80. The van der Waals surface area contributed by atoms with E-state index in [2.05, 4.69) is 15.9 Å². The van der Waals surface area contributed by atoms with Crippen LogP contribution in [0.15, 0.2) is 51.8 Å². The van der Waals surface area contributed by atoms with Crippen LogP contribution in [0.25, 0.3) is 6.08 Å². The van der Waals surface area contributed by atoms with Gasteiger partial charge in [0.1, 0.15) is 18.2 Å². The van der Waals surface area contributed by atoms with Gasteiger partial charge in [0.2, 0.25) is 0 Å². The second-order valence-electron chi connectivity index (χ2n) is 5.53. The minimum absolute atomic E-state index is 0.248. The van der Waals surface area contributed by atoms with Crippen LogP contribution in [0.2, 0.25) is 0 Å². The topological polar surface area (TPSA) is 46.6 Å². The van der Waals surface area contributed by atoms with E-state index in [4.69, 9.17) is 4.74 Å². The molecule has 1 fully saturated rings. The summed E-state index contributed by atoms with van der Waals surface area (Å²) in [6.07, 6.45) is 1.69. The van der Waals surface area contributed by atoms with Crippen LogP contribution in [-0.2, 0) is 11.4 Å². The first-order valence-corrected chi connectivity index (χ1v) is 9.51. The number of carbonyl (C=O) groups is 2. The first kappa shape index (κ1) is 18.7. The lowest BCUT2D eigenvalue weighted by molar-refractivity contribution is -0.122. The normalized spacial score (nSPS) is 15.8. The fraction of sp³-hybridized carbons (Fsp3) is 0.158. The Bertz CT molecular complexity index is 883. The number of ether oxygens (including phenoxy) is 1. The third-order valence-corrected chi connectivity index (χ3v) is 5.28. The molecule has 0 aliphatic carbocycles. The Balaban J connectivity index is 1.71. The molecule has 1 heterocycles. The molecular weight excluding hydrogens is 421 g/mol. The highest BCUT2D eigenvalue weighted by atomic mass is 79.9. The molecule has 2 amide bonds. The van der Waals surface area contributed by atoms with Crippen molar-refractivity contribution in [3.63, 3.8) is 0 Å². The van der Waals surface area contributed by atoms with Crippen molar-refractivity contribution in [1.82, 2.24) is 4.90 Å². The molecule has 1 aliphatic heterocycles. The first-order chi connectivity index (χ1) is 12.5. The monoisotopic (exact) mass is 435 g/mol. The van der Waals surface area contributed by atoms with E-state index in [0.29, 0.717) is 23.8 Å². The van der Waals surface area contributed by atoms with Crippen LogP contribution < -0.4 is 4.74 Å². The average molecular weight is 436 g/mol. The van der Waals surface area contributed by atoms with Gasteiger partial charge in [0, 0.05) is 6.54 Å². The third kappa shape index (κ3) is 4.16. The summed E-state index contributed by atoms with van der Waals surface area (Å²) in [4.78, 5) is 25.5. The smallest absolute Gasteiger partial charge is 0.293 e. The maximum absolute atomic E-state index is 12.9. The van der Waals surface area contributed by atoms with Crippen LogP contribution >= 0.6 is 27.7 Å². The average Bonchev–Trinajstić information content (AvgIpc) is 2.88. The van der Waals surface area contributed by atoms with Gasteiger partial charge in [-0.2, -0.15) is 0 Å². The number of amides is 2. The van der Waals surface area contributed by atoms with E-state index in [1.54, 1.807) is 31.2 Å². The minimum atomic E-state index is -0.285. The highest BCUT2D eigenvalue weighted by molar-refractivity contribution is 9.10. The van der Waals surface area contributed by atoms with Gasteiger partial charge in [-0.15, -0.1) is 0 Å². The number of rotatable bonds is 5. The van der Waals surface area contributed by atoms with E-state index in [-0.39, 0.29) is 17.0 Å². The Hall–Kier alpha value is -2.12. The number of nitrogens with zero attached hydrogens (tertiary/aromatic N) is 1. The van der Waals surface area contributed by atoms with Crippen LogP contribution in [0.3, 0.4) is 0 Å². The number of thioether (sulfide) groups is 1. The number of benzene rings is 2. The van der Waals surface area contributed by atoms with Crippen LogP contribution in [-0.4, -0.2) is 22.6 Å². The van der Waals surface area contributed by atoms with Gasteiger partial charge in [0.15, 0.2) is 0 Å². The maximum atomic E-state index is 12.9. The fourth-order valence-electron chi connectivity index (χ4n) is 2.39. The zero-order valence-electron chi connectivity index (χ0n) is 13.9. The summed E-state index contributed by atoms with van der Waals surface area (Å²) < 4.78 is 19.4. The van der Waals surface area contributed by atoms with E-state index in [0.717, 1.165) is 27.4 Å². The van der Waals surface area contributed by atoms with Gasteiger partial charge < -0.3 is 4.74 Å². The summed E-state index contributed by atoms with van der Waals surface area (Å²) in [6.45, 7) is 2.44. The SMILES string of the molecule is CCN1C(=O)SC(=Cc2ccc(OCc3ccc(F)cc3)c(Br)c2)C1=O. The van der Waals surface area contributed by atoms with Crippen molar-refractivity contribution < 1.29 is 18.7 Å². The molecule has 2 aromatic rings. The molecular formula is C19H15BrFNO3S. The van der Waals surface area contributed by atoms with Crippen molar-refractivity contribution in [1.29, 1.82) is 0 Å². The highest BCUT2D eigenvalue weighted by Crippen LogP contribution is 2.33. The Labute approximate surface area is 163 Å². The number of carbonyl (C=O) groups excluding carboxylic acids is 2. The number of likely N-dealkylation sites (N-methyl/N-ethyl adjacent to an activating group) is 1. The summed E-state index contributed by atoms with van der Waals surface area (Å²) in [7, 11) is 0. The lowest BCUT2D eigenvalue weighted by atomic mass is 10.2. The van der Waals surface area contributed by atoms with Gasteiger partial charge >= 0.3 is 0 Å². The Morgan fingerprint density at radius 2 is 1.92 bits per heavy atom. The van der Waals surface area contributed by atoms with Crippen molar-refractivity contribution in [3.05, 3.63) is 68.8 Å². The Morgan fingerprint density at radius 3 is 2.54 bits per heavy atom. The predicted octanol–water partition coefficient (Wildman–Crippen LogP) is 5.22. The van der Waals surface area contributed by atoms with Gasteiger partial charge in [-0.3, -0.25) is 14.5 Å². The van der Waals surface area contributed by atoms with E-state index in [1.165, 1.54) is 17.0 Å². The van der Waals surface area contributed by atoms with Gasteiger partial charge in [-0.1, -0.05) is 18.2 Å². The van der Waals surface area contributed by atoms with E-state index in [1.807, 2.05) is 12.1 Å². The summed E-state index contributed by atoms with van der Waals surface area (Å²) in [5, 5.41) is -0.248.